The molecule has 0 aliphatic heterocycles. The molecule has 124 valence electrons. The molecular formula is C19H24ClNO2. The van der Waals surface area contributed by atoms with Crippen LogP contribution in [0.4, 0.5) is 5.69 Å². The highest BCUT2D eigenvalue weighted by molar-refractivity contribution is 6.30. The Labute approximate surface area is 143 Å². The molecule has 2 N–H and O–H groups in total. The number of aliphatic hydroxyl groups excluding tert-OH is 2. The van der Waals surface area contributed by atoms with Crippen LogP contribution in [0.15, 0.2) is 48.5 Å². The predicted octanol–water partition coefficient (Wildman–Crippen LogP) is 3.48. The van der Waals surface area contributed by atoms with Crippen molar-refractivity contribution in [3.05, 3.63) is 64.7 Å². The molecule has 0 aromatic heterocycles. The van der Waals surface area contributed by atoms with E-state index in [1.54, 1.807) is 0 Å². The van der Waals surface area contributed by atoms with Crippen LogP contribution in [0.25, 0.3) is 0 Å². The molecule has 2 rings (SSSR count). The molecule has 0 saturated carbocycles. The fourth-order valence-electron chi connectivity index (χ4n) is 2.88. The van der Waals surface area contributed by atoms with Crippen molar-refractivity contribution in [1.29, 1.82) is 0 Å². The second kappa shape index (κ2) is 8.92. The summed E-state index contributed by atoms with van der Waals surface area (Å²) in [6, 6.07) is 16.2. The van der Waals surface area contributed by atoms with E-state index in [1.807, 2.05) is 41.3 Å². The highest BCUT2D eigenvalue weighted by atomic mass is 35.5. The van der Waals surface area contributed by atoms with Crippen molar-refractivity contribution < 1.29 is 10.2 Å². The molecule has 0 saturated heterocycles. The average Bonchev–Trinajstić information content (AvgIpc) is 2.55. The summed E-state index contributed by atoms with van der Waals surface area (Å²) in [4.78, 5) is 2.01. The van der Waals surface area contributed by atoms with Crippen molar-refractivity contribution in [1.82, 2.24) is 0 Å². The Bertz CT molecular complexity index is 598. The average molecular weight is 334 g/mol. The van der Waals surface area contributed by atoms with Crippen LogP contribution in [0.1, 0.15) is 24.0 Å². The Morgan fingerprint density at radius 3 is 2.26 bits per heavy atom. The summed E-state index contributed by atoms with van der Waals surface area (Å²) in [5.41, 5.74) is 3.45. The third kappa shape index (κ3) is 4.96. The van der Waals surface area contributed by atoms with Gasteiger partial charge in [-0.2, -0.15) is 0 Å². The quantitative estimate of drug-likeness (QED) is 0.777. The van der Waals surface area contributed by atoms with E-state index in [9.17, 15) is 10.2 Å². The van der Waals surface area contributed by atoms with Crippen LogP contribution in [0.2, 0.25) is 5.02 Å². The normalized spacial score (nSPS) is 12.2. The van der Waals surface area contributed by atoms with Gasteiger partial charge in [0.1, 0.15) is 0 Å². The lowest BCUT2D eigenvalue weighted by atomic mass is 9.92. The zero-order valence-electron chi connectivity index (χ0n) is 13.5. The molecule has 2 aromatic rings. The van der Waals surface area contributed by atoms with E-state index in [0.717, 1.165) is 17.7 Å². The van der Waals surface area contributed by atoms with Crippen molar-refractivity contribution in [3.63, 3.8) is 0 Å². The Balaban J connectivity index is 2.30. The highest BCUT2D eigenvalue weighted by Crippen LogP contribution is 2.32. The van der Waals surface area contributed by atoms with Gasteiger partial charge < -0.3 is 15.1 Å². The van der Waals surface area contributed by atoms with E-state index >= 15 is 0 Å². The number of halogens is 1. The van der Waals surface area contributed by atoms with Gasteiger partial charge in [0.15, 0.2) is 0 Å². The van der Waals surface area contributed by atoms with Gasteiger partial charge in [0.05, 0.1) is 13.2 Å². The third-order valence-electron chi connectivity index (χ3n) is 3.99. The first-order valence-corrected chi connectivity index (χ1v) is 8.33. The number of hydrogen-bond acceptors (Lipinski definition) is 3. The van der Waals surface area contributed by atoms with Crippen LogP contribution in [-0.2, 0) is 6.42 Å². The van der Waals surface area contributed by atoms with Crippen LogP contribution in [0, 0.1) is 0 Å². The molecule has 0 amide bonds. The van der Waals surface area contributed by atoms with Crippen molar-refractivity contribution in [3.8, 4) is 0 Å². The van der Waals surface area contributed by atoms with Crippen LogP contribution < -0.4 is 4.90 Å². The number of rotatable bonds is 8. The minimum Gasteiger partial charge on any atom is -0.395 e. The Morgan fingerprint density at radius 2 is 1.65 bits per heavy atom. The van der Waals surface area contributed by atoms with Crippen molar-refractivity contribution in [2.45, 2.75) is 19.3 Å². The molecule has 0 bridgehead atoms. The summed E-state index contributed by atoms with van der Waals surface area (Å²) in [6.07, 6.45) is 0.917. The number of aliphatic hydroxyl groups is 2. The van der Waals surface area contributed by atoms with Gasteiger partial charge in [0.25, 0.3) is 0 Å². The van der Waals surface area contributed by atoms with E-state index in [0.29, 0.717) is 18.1 Å². The maximum absolute atomic E-state index is 9.29. The molecule has 0 aliphatic rings. The Morgan fingerprint density at radius 1 is 1.00 bits per heavy atom. The fourth-order valence-corrected chi connectivity index (χ4v) is 3.06. The van der Waals surface area contributed by atoms with Gasteiger partial charge in [0.2, 0.25) is 0 Å². The Hall–Kier alpha value is -1.55. The minimum absolute atomic E-state index is 0.0507. The SMILES string of the molecule is CC(Cc1ccccc1)c1cc(Cl)ccc1N(CCO)CCO. The van der Waals surface area contributed by atoms with Crippen molar-refractivity contribution in [2.75, 3.05) is 31.2 Å². The first kappa shape index (κ1) is 17.8. The standard InChI is InChI=1S/C19H24ClNO2/c1-15(13-16-5-3-2-4-6-16)18-14-17(20)7-8-19(18)21(9-11-22)10-12-23/h2-8,14-15,22-23H,9-13H2,1H3. The molecule has 0 heterocycles. The van der Waals surface area contributed by atoms with E-state index in [2.05, 4.69) is 19.1 Å². The molecule has 1 unspecified atom stereocenters. The Kier molecular flexibility index (Phi) is 6.90. The number of benzene rings is 2. The minimum atomic E-state index is 0.0507. The van der Waals surface area contributed by atoms with Gasteiger partial charge in [-0.3, -0.25) is 0 Å². The number of hydrogen-bond donors (Lipinski definition) is 2. The van der Waals surface area contributed by atoms with E-state index in [4.69, 9.17) is 11.6 Å². The fraction of sp³-hybridized carbons (Fsp3) is 0.368. The lowest BCUT2D eigenvalue weighted by Crippen LogP contribution is -2.30. The molecule has 2 aromatic carbocycles. The topological polar surface area (TPSA) is 43.7 Å². The summed E-state index contributed by atoms with van der Waals surface area (Å²) in [5, 5.41) is 19.3. The first-order valence-electron chi connectivity index (χ1n) is 7.95. The molecule has 23 heavy (non-hydrogen) atoms. The first-order chi connectivity index (χ1) is 11.2. The highest BCUT2D eigenvalue weighted by Gasteiger charge is 2.16. The van der Waals surface area contributed by atoms with E-state index < -0.39 is 0 Å². The molecule has 0 spiro atoms. The van der Waals surface area contributed by atoms with Gasteiger partial charge in [-0.1, -0.05) is 48.9 Å². The lowest BCUT2D eigenvalue weighted by Gasteiger charge is -2.28. The maximum atomic E-state index is 9.29. The number of anilines is 1. The van der Waals surface area contributed by atoms with Gasteiger partial charge in [-0.15, -0.1) is 0 Å². The summed E-state index contributed by atoms with van der Waals surface area (Å²) in [7, 11) is 0. The van der Waals surface area contributed by atoms with E-state index in [-0.39, 0.29) is 19.1 Å². The largest absolute Gasteiger partial charge is 0.395 e. The van der Waals surface area contributed by atoms with Gasteiger partial charge in [-0.25, -0.2) is 0 Å². The molecular weight excluding hydrogens is 310 g/mol. The van der Waals surface area contributed by atoms with Crippen LogP contribution in [-0.4, -0.2) is 36.5 Å². The summed E-state index contributed by atoms with van der Waals surface area (Å²) in [5.74, 6) is 0.283. The van der Waals surface area contributed by atoms with Gasteiger partial charge >= 0.3 is 0 Å². The second-order valence-corrected chi connectivity index (χ2v) is 6.16. The number of nitrogens with zero attached hydrogens (tertiary/aromatic N) is 1. The van der Waals surface area contributed by atoms with Gasteiger partial charge in [-0.05, 0) is 41.7 Å². The second-order valence-electron chi connectivity index (χ2n) is 5.73. The molecule has 0 aliphatic carbocycles. The molecule has 4 heteroatoms. The summed E-state index contributed by atoms with van der Waals surface area (Å²) >= 11 is 6.21. The van der Waals surface area contributed by atoms with E-state index in [1.165, 1.54) is 5.56 Å². The summed E-state index contributed by atoms with van der Waals surface area (Å²) in [6.45, 7) is 3.27. The molecule has 3 nitrogen and oxygen atoms in total. The smallest absolute Gasteiger partial charge is 0.0606 e. The molecule has 1 atom stereocenters. The van der Waals surface area contributed by atoms with Gasteiger partial charge in [0, 0.05) is 23.8 Å². The zero-order chi connectivity index (χ0) is 16.7. The predicted molar refractivity (Wildman–Crippen MR) is 96.4 cm³/mol. The summed E-state index contributed by atoms with van der Waals surface area (Å²) < 4.78 is 0. The molecule has 0 fully saturated rings. The zero-order valence-corrected chi connectivity index (χ0v) is 14.2. The van der Waals surface area contributed by atoms with Crippen molar-refractivity contribution >= 4 is 17.3 Å². The third-order valence-corrected chi connectivity index (χ3v) is 4.22. The monoisotopic (exact) mass is 333 g/mol. The van der Waals surface area contributed by atoms with Crippen LogP contribution >= 0.6 is 11.6 Å². The van der Waals surface area contributed by atoms with Crippen LogP contribution in [0.3, 0.4) is 0 Å². The lowest BCUT2D eigenvalue weighted by molar-refractivity contribution is 0.281. The van der Waals surface area contributed by atoms with Crippen LogP contribution in [0.5, 0.6) is 0 Å². The maximum Gasteiger partial charge on any atom is 0.0606 e. The molecule has 0 radical (unpaired) electrons. The van der Waals surface area contributed by atoms with Crippen molar-refractivity contribution in [2.24, 2.45) is 0 Å².